The molecule has 8 nitrogen and oxygen atoms in total. The van der Waals surface area contributed by atoms with E-state index < -0.39 is 0 Å². The topological polar surface area (TPSA) is 87.7 Å². The van der Waals surface area contributed by atoms with Gasteiger partial charge in [-0.2, -0.15) is 0 Å². The fourth-order valence-corrected chi connectivity index (χ4v) is 3.88. The summed E-state index contributed by atoms with van der Waals surface area (Å²) in [5.41, 5.74) is 0.557. The van der Waals surface area contributed by atoms with Crippen LogP contribution in [0, 0.1) is 5.92 Å². The first-order valence-electron chi connectivity index (χ1n) is 10.4. The third-order valence-corrected chi connectivity index (χ3v) is 5.73. The maximum Gasteiger partial charge on any atom is 0.257 e. The minimum Gasteiger partial charge on any atom is -0.379 e. The zero-order chi connectivity index (χ0) is 19.3. The lowest BCUT2D eigenvalue weighted by atomic mass is 9.97. The molecule has 1 N–H and O–H groups in total. The molecule has 2 saturated heterocycles. The van der Waals surface area contributed by atoms with Gasteiger partial charge in [0.2, 0.25) is 5.91 Å². The van der Waals surface area contributed by atoms with Gasteiger partial charge in [-0.15, -0.1) is 0 Å². The molecule has 1 unspecified atom stereocenters. The summed E-state index contributed by atoms with van der Waals surface area (Å²) in [7, 11) is 0. The van der Waals surface area contributed by atoms with Crippen molar-refractivity contribution in [2.24, 2.45) is 5.92 Å². The van der Waals surface area contributed by atoms with Crippen LogP contribution in [-0.2, 0) is 9.53 Å². The van der Waals surface area contributed by atoms with Gasteiger partial charge in [-0.05, 0) is 31.6 Å². The predicted octanol–water partition coefficient (Wildman–Crippen LogP) is 0.655. The first-order valence-corrected chi connectivity index (χ1v) is 10.4. The Kier molecular flexibility index (Phi) is 6.17. The molecule has 3 heterocycles. The molecule has 2 aliphatic heterocycles. The van der Waals surface area contributed by atoms with Crippen LogP contribution in [0.25, 0.3) is 0 Å². The van der Waals surface area contributed by atoms with Crippen molar-refractivity contribution in [2.75, 3.05) is 52.5 Å². The molecular weight excluding hydrogens is 358 g/mol. The second-order valence-corrected chi connectivity index (χ2v) is 8.06. The van der Waals surface area contributed by atoms with Crippen molar-refractivity contribution in [2.45, 2.75) is 31.6 Å². The fourth-order valence-electron chi connectivity index (χ4n) is 3.88. The lowest BCUT2D eigenvalue weighted by Crippen LogP contribution is -2.46. The van der Waals surface area contributed by atoms with Crippen molar-refractivity contribution >= 4 is 11.8 Å². The molecule has 28 heavy (non-hydrogen) atoms. The first kappa shape index (κ1) is 19.3. The first-order chi connectivity index (χ1) is 13.7. The van der Waals surface area contributed by atoms with Crippen molar-refractivity contribution in [1.82, 2.24) is 25.1 Å². The van der Waals surface area contributed by atoms with Crippen LogP contribution in [0.4, 0.5) is 0 Å². The number of nitrogens with zero attached hydrogens (tertiary/aromatic N) is 4. The number of hydrogen-bond acceptors (Lipinski definition) is 6. The summed E-state index contributed by atoms with van der Waals surface area (Å²) in [6, 6.07) is 0. The van der Waals surface area contributed by atoms with Crippen molar-refractivity contribution in [1.29, 1.82) is 0 Å². The number of morpholine rings is 1. The normalized spacial score (nSPS) is 23.4. The van der Waals surface area contributed by atoms with Gasteiger partial charge in [0.05, 0.1) is 25.3 Å². The molecule has 1 aromatic rings. The van der Waals surface area contributed by atoms with E-state index in [1.54, 1.807) is 12.4 Å². The smallest absolute Gasteiger partial charge is 0.257 e. The quantitative estimate of drug-likeness (QED) is 0.771. The Labute approximate surface area is 165 Å². The van der Waals surface area contributed by atoms with Gasteiger partial charge in [-0.25, -0.2) is 9.97 Å². The van der Waals surface area contributed by atoms with Crippen LogP contribution in [0.5, 0.6) is 0 Å². The van der Waals surface area contributed by atoms with Crippen LogP contribution < -0.4 is 5.32 Å². The molecule has 1 atom stereocenters. The Morgan fingerprint density at radius 1 is 1.11 bits per heavy atom. The van der Waals surface area contributed by atoms with Crippen molar-refractivity contribution < 1.29 is 14.3 Å². The van der Waals surface area contributed by atoms with Gasteiger partial charge < -0.3 is 15.0 Å². The molecule has 1 saturated carbocycles. The van der Waals surface area contributed by atoms with Gasteiger partial charge >= 0.3 is 0 Å². The summed E-state index contributed by atoms with van der Waals surface area (Å²) in [5.74, 6) is 1.68. The van der Waals surface area contributed by atoms with Crippen molar-refractivity contribution in [3.8, 4) is 0 Å². The number of piperidine rings is 1. The van der Waals surface area contributed by atoms with Crippen LogP contribution in [0.15, 0.2) is 12.4 Å². The van der Waals surface area contributed by atoms with Gasteiger partial charge in [0.25, 0.3) is 5.91 Å². The number of nitrogens with one attached hydrogen (secondary N) is 1. The van der Waals surface area contributed by atoms with E-state index in [1.165, 1.54) is 0 Å². The average molecular weight is 387 g/mol. The highest BCUT2D eigenvalue weighted by Crippen LogP contribution is 2.37. The summed E-state index contributed by atoms with van der Waals surface area (Å²) < 4.78 is 5.31. The fraction of sp³-hybridized carbons (Fsp3) is 0.700. The molecule has 0 bridgehead atoms. The monoisotopic (exact) mass is 387 g/mol. The Morgan fingerprint density at radius 2 is 1.86 bits per heavy atom. The van der Waals surface area contributed by atoms with Gasteiger partial charge in [0, 0.05) is 51.0 Å². The summed E-state index contributed by atoms with van der Waals surface area (Å²) >= 11 is 0. The maximum absolute atomic E-state index is 12.8. The van der Waals surface area contributed by atoms with E-state index in [9.17, 15) is 9.59 Å². The minimum absolute atomic E-state index is 0.00769. The SMILES string of the molecule is O=C(CN1CCOCC1)NCC1CCCN(C(=O)c2cnc(C3CC3)nc2)C1. The highest BCUT2D eigenvalue weighted by molar-refractivity contribution is 5.93. The third kappa shape index (κ3) is 5.05. The molecular formula is C20H29N5O3. The third-order valence-electron chi connectivity index (χ3n) is 5.73. The minimum atomic E-state index is -0.00769. The summed E-state index contributed by atoms with van der Waals surface area (Å²) in [4.78, 5) is 37.7. The summed E-state index contributed by atoms with van der Waals surface area (Å²) in [6.45, 7) is 5.45. The van der Waals surface area contributed by atoms with Crippen LogP contribution in [0.3, 0.4) is 0 Å². The Balaban J connectivity index is 1.24. The molecule has 4 rings (SSSR count). The van der Waals surface area contributed by atoms with Crippen molar-refractivity contribution in [3.05, 3.63) is 23.8 Å². The standard InChI is InChI=1S/C20H29N5O3/c26-18(14-24-6-8-28-9-7-24)21-10-15-2-1-5-25(13-15)20(27)17-11-22-19(23-12-17)16-3-4-16/h11-12,15-16H,1-10,13-14H2,(H,21,26). The number of amides is 2. The summed E-state index contributed by atoms with van der Waals surface area (Å²) in [6.07, 6.45) is 7.61. The molecule has 0 radical (unpaired) electrons. The second-order valence-electron chi connectivity index (χ2n) is 8.06. The molecule has 2 amide bonds. The molecule has 0 spiro atoms. The maximum atomic E-state index is 12.8. The van der Waals surface area contributed by atoms with E-state index in [0.717, 1.165) is 51.1 Å². The Bertz CT molecular complexity index is 686. The largest absolute Gasteiger partial charge is 0.379 e. The Hall–Kier alpha value is -2.06. The van der Waals surface area contributed by atoms with Crippen molar-refractivity contribution in [3.63, 3.8) is 0 Å². The number of hydrogen-bond donors (Lipinski definition) is 1. The highest BCUT2D eigenvalue weighted by Gasteiger charge is 2.28. The number of ether oxygens (including phenoxy) is 1. The van der Waals surface area contributed by atoms with Gasteiger partial charge in [0.15, 0.2) is 0 Å². The number of likely N-dealkylation sites (tertiary alicyclic amines) is 1. The highest BCUT2D eigenvalue weighted by atomic mass is 16.5. The van der Waals surface area contributed by atoms with Crippen LogP contribution in [-0.4, -0.2) is 84.1 Å². The van der Waals surface area contributed by atoms with E-state index in [1.807, 2.05) is 4.90 Å². The number of rotatable bonds is 6. The molecule has 0 aromatic carbocycles. The molecule has 1 aromatic heterocycles. The van der Waals surface area contributed by atoms with Gasteiger partial charge in [-0.3, -0.25) is 14.5 Å². The zero-order valence-corrected chi connectivity index (χ0v) is 16.3. The van der Waals surface area contributed by atoms with Crippen LogP contribution in [0.2, 0.25) is 0 Å². The van der Waals surface area contributed by atoms with Crippen LogP contribution >= 0.6 is 0 Å². The zero-order valence-electron chi connectivity index (χ0n) is 16.3. The van der Waals surface area contributed by atoms with E-state index in [-0.39, 0.29) is 17.7 Å². The van der Waals surface area contributed by atoms with Gasteiger partial charge in [0.1, 0.15) is 5.82 Å². The molecule has 3 aliphatic rings. The van der Waals surface area contributed by atoms with E-state index >= 15 is 0 Å². The molecule has 152 valence electrons. The lowest BCUT2D eigenvalue weighted by molar-refractivity contribution is -0.123. The van der Waals surface area contributed by atoms with E-state index in [2.05, 4.69) is 20.2 Å². The summed E-state index contributed by atoms with van der Waals surface area (Å²) in [5, 5.41) is 3.04. The van der Waals surface area contributed by atoms with Gasteiger partial charge in [-0.1, -0.05) is 0 Å². The average Bonchev–Trinajstić information content (AvgIpc) is 3.58. The van der Waals surface area contributed by atoms with E-state index in [0.29, 0.717) is 44.3 Å². The molecule has 1 aliphatic carbocycles. The molecule has 8 heteroatoms. The number of carbonyl (C=O) groups excluding carboxylic acids is 2. The van der Waals surface area contributed by atoms with E-state index in [4.69, 9.17) is 4.74 Å². The lowest BCUT2D eigenvalue weighted by Gasteiger charge is -2.33. The number of carbonyl (C=O) groups is 2. The number of aromatic nitrogens is 2. The second kappa shape index (κ2) is 8.96. The van der Waals surface area contributed by atoms with Crippen LogP contribution in [0.1, 0.15) is 47.8 Å². The molecule has 3 fully saturated rings. The predicted molar refractivity (Wildman–Crippen MR) is 103 cm³/mol. The Morgan fingerprint density at radius 3 is 2.57 bits per heavy atom.